The van der Waals surface area contributed by atoms with Gasteiger partial charge in [-0.05, 0) is 36.8 Å². The molecule has 2 aromatic rings. The zero-order valence-electron chi connectivity index (χ0n) is 15.8. The van der Waals surface area contributed by atoms with Gasteiger partial charge in [-0.25, -0.2) is 9.07 Å². The number of rotatable bonds is 5. The third kappa shape index (κ3) is 4.44. The van der Waals surface area contributed by atoms with E-state index in [0.29, 0.717) is 38.3 Å². The van der Waals surface area contributed by atoms with Crippen LogP contribution in [0.5, 0.6) is 0 Å². The first-order valence-electron chi connectivity index (χ1n) is 9.42. The lowest BCUT2D eigenvalue weighted by atomic mass is 10.1. The second kappa shape index (κ2) is 8.77. The number of unbranched alkanes of at least 4 members (excludes halogenated alkanes) is 1. The number of amides is 2. The first-order valence-corrected chi connectivity index (χ1v) is 9.42. The molecule has 2 heterocycles. The fourth-order valence-electron chi connectivity index (χ4n) is 3.08. The number of halogens is 1. The molecule has 0 atom stereocenters. The molecule has 1 aromatic heterocycles. The molecule has 0 radical (unpaired) electrons. The molecule has 1 fully saturated rings. The average molecular weight is 386 g/mol. The van der Waals surface area contributed by atoms with Crippen LogP contribution < -0.4 is 5.56 Å². The molecule has 148 valence electrons. The van der Waals surface area contributed by atoms with Crippen LogP contribution in [0.2, 0.25) is 0 Å². The first kappa shape index (κ1) is 19.7. The van der Waals surface area contributed by atoms with Gasteiger partial charge < -0.3 is 9.80 Å². The maximum atomic E-state index is 13.0. The fraction of sp³-hybridized carbons (Fsp3) is 0.400. The predicted octanol–water partition coefficient (Wildman–Crippen LogP) is 1.78. The summed E-state index contributed by atoms with van der Waals surface area (Å²) in [7, 11) is 0. The normalized spacial score (nSPS) is 14.2. The Hall–Kier alpha value is -3.03. The van der Waals surface area contributed by atoms with Crippen LogP contribution in [0.1, 0.15) is 40.6 Å². The largest absolute Gasteiger partial charge is 0.335 e. The monoisotopic (exact) mass is 386 g/mol. The Labute approximate surface area is 162 Å². The summed E-state index contributed by atoms with van der Waals surface area (Å²) < 4.78 is 14.3. The summed E-state index contributed by atoms with van der Waals surface area (Å²) in [6.45, 7) is 4.03. The third-order valence-corrected chi connectivity index (χ3v) is 4.75. The van der Waals surface area contributed by atoms with Crippen LogP contribution in [0.15, 0.2) is 41.2 Å². The van der Waals surface area contributed by atoms with Crippen molar-refractivity contribution in [2.75, 3.05) is 26.2 Å². The third-order valence-electron chi connectivity index (χ3n) is 4.75. The van der Waals surface area contributed by atoms with E-state index in [0.717, 1.165) is 12.8 Å². The zero-order chi connectivity index (χ0) is 20.1. The van der Waals surface area contributed by atoms with Gasteiger partial charge in [0.2, 0.25) is 0 Å². The molecule has 0 saturated carbocycles. The molecule has 7 nitrogen and oxygen atoms in total. The van der Waals surface area contributed by atoms with Gasteiger partial charge in [0.05, 0.1) is 0 Å². The number of hydrogen-bond acceptors (Lipinski definition) is 4. The van der Waals surface area contributed by atoms with Crippen LogP contribution in [0, 0.1) is 5.82 Å². The molecular weight excluding hydrogens is 363 g/mol. The van der Waals surface area contributed by atoms with E-state index in [1.165, 1.54) is 41.1 Å². The van der Waals surface area contributed by atoms with E-state index in [-0.39, 0.29) is 28.9 Å². The summed E-state index contributed by atoms with van der Waals surface area (Å²) in [6, 6.07) is 8.24. The molecule has 0 bridgehead atoms. The number of aromatic nitrogens is 2. The quantitative estimate of drug-likeness (QED) is 0.785. The Morgan fingerprint density at radius 2 is 1.57 bits per heavy atom. The van der Waals surface area contributed by atoms with E-state index in [1.54, 1.807) is 9.80 Å². The van der Waals surface area contributed by atoms with Crippen molar-refractivity contribution in [1.29, 1.82) is 0 Å². The van der Waals surface area contributed by atoms with E-state index in [1.807, 2.05) is 6.92 Å². The maximum absolute atomic E-state index is 13.0. The molecule has 1 aliphatic heterocycles. The van der Waals surface area contributed by atoms with Crippen molar-refractivity contribution < 1.29 is 14.0 Å². The van der Waals surface area contributed by atoms with Crippen molar-refractivity contribution in [2.24, 2.45) is 0 Å². The van der Waals surface area contributed by atoms with Gasteiger partial charge in [0.1, 0.15) is 11.5 Å². The lowest BCUT2D eigenvalue weighted by molar-refractivity contribution is 0.0530. The highest BCUT2D eigenvalue weighted by atomic mass is 19.1. The molecule has 0 unspecified atom stereocenters. The van der Waals surface area contributed by atoms with E-state index in [9.17, 15) is 18.8 Å². The molecule has 0 aliphatic carbocycles. The summed E-state index contributed by atoms with van der Waals surface area (Å²) in [5.74, 6) is -0.822. The van der Waals surface area contributed by atoms with Crippen molar-refractivity contribution >= 4 is 11.8 Å². The lowest BCUT2D eigenvalue weighted by Crippen LogP contribution is -2.51. The average Bonchev–Trinajstić information content (AvgIpc) is 2.73. The number of carbonyl (C=O) groups excluding carboxylic acids is 2. The second-order valence-electron chi connectivity index (χ2n) is 6.72. The molecule has 0 N–H and O–H groups in total. The highest BCUT2D eigenvalue weighted by Gasteiger charge is 2.26. The summed E-state index contributed by atoms with van der Waals surface area (Å²) in [5, 5.41) is 4.19. The smallest absolute Gasteiger partial charge is 0.274 e. The Balaban J connectivity index is 1.63. The molecule has 28 heavy (non-hydrogen) atoms. The minimum Gasteiger partial charge on any atom is -0.335 e. The van der Waals surface area contributed by atoms with Gasteiger partial charge in [0, 0.05) is 44.4 Å². The van der Waals surface area contributed by atoms with Crippen molar-refractivity contribution in [3.05, 3.63) is 63.8 Å². The van der Waals surface area contributed by atoms with Crippen LogP contribution in [0.3, 0.4) is 0 Å². The molecule has 2 amide bonds. The number of nitrogens with zero attached hydrogens (tertiary/aromatic N) is 4. The maximum Gasteiger partial charge on any atom is 0.274 e. The zero-order valence-corrected chi connectivity index (χ0v) is 15.8. The number of aryl methyl sites for hydroxylation is 1. The Bertz CT molecular complexity index is 902. The molecule has 1 aliphatic rings. The molecule has 0 spiro atoms. The minimum absolute atomic E-state index is 0.182. The number of piperazine rings is 1. The minimum atomic E-state index is -0.389. The SMILES string of the molecule is CCCCn1nc(C(=O)N2CCN(C(=O)c3ccc(F)cc3)CC2)ccc1=O. The molecule has 3 rings (SSSR count). The van der Waals surface area contributed by atoms with Crippen molar-refractivity contribution in [2.45, 2.75) is 26.3 Å². The number of carbonyl (C=O) groups is 2. The summed E-state index contributed by atoms with van der Waals surface area (Å²) in [4.78, 5) is 40.3. The molecular formula is C20H23FN4O3. The lowest BCUT2D eigenvalue weighted by Gasteiger charge is -2.34. The number of benzene rings is 1. The van der Waals surface area contributed by atoms with Gasteiger partial charge in [-0.1, -0.05) is 13.3 Å². The van der Waals surface area contributed by atoms with Crippen LogP contribution in [-0.4, -0.2) is 57.6 Å². The highest BCUT2D eigenvalue weighted by molar-refractivity contribution is 5.95. The van der Waals surface area contributed by atoms with Gasteiger partial charge in [-0.2, -0.15) is 5.10 Å². The molecule has 1 aromatic carbocycles. The molecule has 1 saturated heterocycles. The van der Waals surface area contributed by atoms with E-state index in [2.05, 4.69) is 5.10 Å². The van der Waals surface area contributed by atoms with E-state index < -0.39 is 0 Å². The topological polar surface area (TPSA) is 75.5 Å². The van der Waals surface area contributed by atoms with Crippen LogP contribution >= 0.6 is 0 Å². The van der Waals surface area contributed by atoms with Crippen molar-refractivity contribution in [3.63, 3.8) is 0 Å². The predicted molar refractivity (Wildman–Crippen MR) is 102 cm³/mol. The van der Waals surface area contributed by atoms with Crippen LogP contribution in [-0.2, 0) is 6.54 Å². The van der Waals surface area contributed by atoms with Gasteiger partial charge in [0.15, 0.2) is 0 Å². The van der Waals surface area contributed by atoms with E-state index in [4.69, 9.17) is 0 Å². The first-order chi connectivity index (χ1) is 13.5. The summed E-state index contributed by atoms with van der Waals surface area (Å²) in [5.41, 5.74) is 0.430. The fourth-order valence-corrected chi connectivity index (χ4v) is 3.08. The number of hydrogen-bond donors (Lipinski definition) is 0. The molecule has 8 heteroatoms. The van der Waals surface area contributed by atoms with Gasteiger partial charge >= 0.3 is 0 Å². The Morgan fingerprint density at radius 1 is 0.964 bits per heavy atom. The summed E-state index contributed by atoms with van der Waals surface area (Å²) in [6.07, 6.45) is 1.74. The Morgan fingerprint density at radius 3 is 2.18 bits per heavy atom. The summed E-state index contributed by atoms with van der Waals surface area (Å²) >= 11 is 0. The standard InChI is InChI=1S/C20H23FN4O3/c1-2-3-10-25-18(26)9-8-17(22-25)20(28)24-13-11-23(12-14-24)19(27)15-4-6-16(21)7-5-15/h4-9H,2-3,10-14H2,1H3. The van der Waals surface area contributed by atoms with Crippen LogP contribution in [0.4, 0.5) is 4.39 Å². The van der Waals surface area contributed by atoms with Gasteiger partial charge in [-0.3, -0.25) is 14.4 Å². The van der Waals surface area contributed by atoms with E-state index >= 15 is 0 Å². The van der Waals surface area contributed by atoms with Crippen molar-refractivity contribution in [3.8, 4) is 0 Å². The highest BCUT2D eigenvalue weighted by Crippen LogP contribution is 2.11. The van der Waals surface area contributed by atoms with Crippen LogP contribution in [0.25, 0.3) is 0 Å². The van der Waals surface area contributed by atoms with Gasteiger partial charge in [-0.15, -0.1) is 0 Å². The Kier molecular flexibility index (Phi) is 6.18. The van der Waals surface area contributed by atoms with Gasteiger partial charge in [0.25, 0.3) is 17.4 Å². The van der Waals surface area contributed by atoms with Crippen molar-refractivity contribution in [1.82, 2.24) is 19.6 Å². The second-order valence-corrected chi connectivity index (χ2v) is 6.72.